The molecule has 3 atom stereocenters. The molecule has 2 amide bonds. The standard InChI is InChI=1S/C31H45N3O5/c1-22(2)34(31(37)25-13-12-23(3)29(16-25)39-15-9-14-38-5)21-27-19-32-18-26(27)20-33(4)30(36)17-28(35)24-10-7-6-8-11-24/h6-8,10-13,16,22,26-28,32,35H,9,14-15,17-21H2,1-5H3/t26-,27-,28?/m0/s1. The number of aryl methyl sites for hydroxylation is 1. The quantitative estimate of drug-likeness (QED) is 0.356. The zero-order valence-corrected chi connectivity index (χ0v) is 24.1. The minimum atomic E-state index is -0.823. The van der Waals surface area contributed by atoms with Gasteiger partial charge in [-0.3, -0.25) is 9.59 Å². The van der Waals surface area contributed by atoms with E-state index in [9.17, 15) is 14.7 Å². The van der Waals surface area contributed by atoms with Crippen molar-refractivity contribution in [3.8, 4) is 5.75 Å². The third kappa shape index (κ3) is 8.78. The summed E-state index contributed by atoms with van der Waals surface area (Å²) in [5, 5.41) is 13.9. The Balaban J connectivity index is 1.62. The first-order valence-corrected chi connectivity index (χ1v) is 13.9. The lowest BCUT2D eigenvalue weighted by Gasteiger charge is -2.33. The van der Waals surface area contributed by atoms with Gasteiger partial charge >= 0.3 is 0 Å². The number of benzene rings is 2. The molecular formula is C31H45N3O5. The zero-order chi connectivity index (χ0) is 28.4. The number of aliphatic hydroxyl groups excluding tert-OH is 1. The molecule has 214 valence electrons. The molecule has 3 rings (SSSR count). The fourth-order valence-corrected chi connectivity index (χ4v) is 5.00. The number of ether oxygens (including phenoxy) is 2. The summed E-state index contributed by atoms with van der Waals surface area (Å²) < 4.78 is 11.0. The van der Waals surface area contributed by atoms with Gasteiger partial charge in [-0.15, -0.1) is 0 Å². The average molecular weight is 540 g/mol. The van der Waals surface area contributed by atoms with E-state index in [0.29, 0.717) is 31.9 Å². The lowest BCUT2D eigenvalue weighted by atomic mass is 9.93. The SMILES string of the molecule is COCCCOc1cc(C(=O)N(C[C@@H]2CNC[C@H]2CN(C)C(=O)CC(O)c2ccccc2)C(C)C)ccc1C. The maximum atomic E-state index is 13.6. The first-order valence-electron chi connectivity index (χ1n) is 13.9. The number of rotatable bonds is 14. The van der Waals surface area contributed by atoms with Crippen molar-refractivity contribution in [2.24, 2.45) is 11.8 Å². The van der Waals surface area contributed by atoms with E-state index >= 15 is 0 Å². The fourth-order valence-electron chi connectivity index (χ4n) is 5.00. The van der Waals surface area contributed by atoms with Crippen LogP contribution in [0.15, 0.2) is 48.5 Å². The van der Waals surface area contributed by atoms with Gasteiger partial charge in [0.2, 0.25) is 5.91 Å². The highest BCUT2D eigenvalue weighted by atomic mass is 16.5. The van der Waals surface area contributed by atoms with E-state index in [0.717, 1.165) is 36.4 Å². The van der Waals surface area contributed by atoms with Gasteiger partial charge in [0.15, 0.2) is 0 Å². The van der Waals surface area contributed by atoms with E-state index in [2.05, 4.69) is 5.32 Å². The van der Waals surface area contributed by atoms with E-state index in [-0.39, 0.29) is 36.1 Å². The Bertz CT molecular complexity index is 1060. The minimum absolute atomic E-state index is 0.0199. The van der Waals surface area contributed by atoms with Crippen molar-refractivity contribution in [3.05, 3.63) is 65.2 Å². The Morgan fingerprint density at radius 1 is 1.05 bits per heavy atom. The summed E-state index contributed by atoms with van der Waals surface area (Å²) in [6.45, 7) is 9.95. The van der Waals surface area contributed by atoms with Crippen LogP contribution in [0.1, 0.15) is 54.3 Å². The van der Waals surface area contributed by atoms with Gasteiger partial charge in [0, 0.05) is 65.0 Å². The number of aliphatic hydroxyl groups is 1. The van der Waals surface area contributed by atoms with Crippen molar-refractivity contribution in [2.45, 2.75) is 45.8 Å². The van der Waals surface area contributed by atoms with Crippen molar-refractivity contribution < 1.29 is 24.2 Å². The molecule has 1 unspecified atom stereocenters. The van der Waals surface area contributed by atoms with E-state index < -0.39 is 6.10 Å². The number of nitrogens with one attached hydrogen (secondary N) is 1. The number of hydrogen-bond acceptors (Lipinski definition) is 6. The van der Waals surface area contributed by atoms with Gasteiger partial charge in [-0.25, -0.2) is 0 Å². The van der Waals surface area contributed by atoms with Gasteiger partial charge < -0.3 is 29.7 Å². The molecule has 2 N–H and O–H groups in total. The van der Waals surface area contributed by atoms with Gasteiger partial charge in [0.1, 0.15) is 5.75 Å². The molecule has 1 aliphatic rings. The number of amides is 2. The summed E-state index contributed by atoms with van der Waals surface area (Å²) in [6, 6.07) is 14.9. The topological polar surface area (TPSA) is 91.3 Å². The smallest absolute Gasteiger partial charge is 0.254 e. The van der Waals surface area contributed by atoms with Crippen LogP contribution in [0.25, 0.3) is 0 Å². The fraction of sp³-hybridized carbons (Fsp3) is 0.548. The first kappa shape index (κ1) is 30.6. The number of methoxy groups -OCH3 is 1. The third-order valence-corrected chi connectivity index (χ3v) is 7.47. The second-order valence-corrected chi connectivity index (χ2v) is 10.8. The van der Waals surface area contributed by atoms with Crippen LogP contribution in [0.2, 0.25) is 0 Å². The molecule has 8 heteroatoms. The molecule has 1 saturated heterocycles. The number of carbonyl (C=O) groups is 2. The van der Waals surface area contributed by atoms with Crippen LogP contribution in [-0.4, -0.2) is 86.3 Å². The summed E-state index contributed by atoms with van der Waals surface area (Å²) >= 11 is 0. The van der Waals surface area contributed by atoms with Crippen LogP contribution >= 0.6 is 0 Å². The highest BCUT2D eigenvalue weighted by Crippen LogP contribution is 2.25. The highest BCUT2D eigenvalue weighted by Gasteiger charge is 2.33. The molecule has 0 spiro atoms. The predicted octanol–water partition coefficient (Wildman–Crippen LogP) is 3.68. The van der Waals surface area contributed by atoms with Crippen molar-refractivity contribution in [2.75, 3.05) is 53.6 Å². The molecule has 0 aromatic heterocycles. The summed E-state index contributed by atoms with van der Waals surface area (Å²) in [7, 11) is 3.46. The van der Waals surface area contributed by atoms with E-state index in [1.165, 1.54) is 0 Å². The highest BCUT2D eigenvalue weighted by molar-refractivity contribution is 5.95. The Morgan fingerprint density at radius 2 is 1.74 bits per heavy atom. The lowest BCUT2D eigenvalue weighted by Crippen LogP contribution is -2.44. The van der Waals surface area contributed by atoms with E-state index in [4.69, 9.17) is 9.47 Å². The summed E-state index contributed by atoms with van der Waals surface area (Å²) in [4.78, 5) is 30.2. The monoisotopic (exact) mass is 539 g/mol. The summed E-state index contributed by atoms with van der Waals surface area (Å²) in [5.41, 5.74) is 2.34. The molecule has 1 fully saturated rings. The third-order valence-electron chi connectivity index (χ3n) is 7.47. The van der Waals surface area contributed by atoms with Crippen LogP contribution < -0.4 is 10.1 Å². The largest absolute Gasteiger partial charge is 0.493 e. The Kier molecular flexibility index (Phi) is 11.8. The molecular weight excluding hydrogens is 494 g/mol. The zero-order valence-electron chi connectivity index (χ0n) is 24.1. The van der Waals surface area contributed by atoms with Crippen LogP contribution in [-0.2, 0) is 9.53 Å². The molecule has 1 heterocycles. The molecule has 39 heavy (non-hydrogen) atoms. The number of nitrogens with zero attached hydrogens (tertiary/aromatic N) is 2. The molecule has 0 saturated carbocycles. The van der Waals surface area contributed by atoms with Crippen LogP contribution in [0.3, 0.4) is 0 Å². The second-order valence-electron chi connectivity index (χ2n) is 10.8. The van der Waals surface area contributed by atoms with Gasteiger partial charge in [-0.05, 0) is 55.9 Å². The van der Waals surface area contributed by atoms with Gasteiger partial charge in [0.05, 0.1) is 19.1 Å². The number of hydrogen-bond donors (Lipinski definition) is 2. The van der Waals surface area contributed by atoms with Crippen molar-refractivity contribution in [1.82, 2.24) is 15.1 Å². The maximum absolute atomic E-state index is 13.6. The summed E-state index contributed by atoms with van der Waals surface area (Å²) in [6.07, 6.45) is 0.00597. The van der Waals surface area contributed by atoms with Gasteiger partial charge in [0.25, 0.3) is 5.91 Å². The van der Waals surface area contributed by atoms with Crippen LogP contribution in [0, 0.1) is 18.8 Å². The molecule has 0 bridgehead atoms. The normalized spacial score (nSPS) is 17.7. The Hall–Kier alpha value is -2.94. The predicted molar refractivity (Wildman–Crippen MR) is 153 cm³/mol. The van der Waals surface area contributed by atoms with E-state index in [1.807, 2.05) is 74.2 Å². The Labute approximate surface area is 233 Å². The first-order chi connectivity index (χ1) is 18.7. The minimum Gasteiger partial charge on any atom is -0.493 e. The van der Waals surface area contributed by atoms with Gasteiger partial charge in [-0.2, -0.15) is 0 Å². The van der Waals surface area contributed by atoms with Crippen molar-refractivity contribution in [3.63, 3.8) is 0 Å². The molecule has 0 radical (unpaired) electrons. The molecule has 8 nitrogen and oxygen atoms in total. The second kappa shape index (κ2) is 15.0. The van der Waals surface area contributed by atoms with Crippen molar-refractivity contribution in [1.29, 1.82) is 0 Å². The summed E-state index contributed by atoms with van der Waals surface area (Å²) in [5.74, 6) is 1.03. The van der Waals surface area contributed by atoms with E-state index in [1.54, 1.807) is 19.1 Å². The lowest BCUT2D eigenvalue weighted by molar-refractivity contribution is -0.132. The molecule has 2 aromatic rings. The number of carbonyl (C=O) groups excluding carboxylic acids is 2. The van der Waals surface area contributed by atoms with Crippen LogP contribution in [0.4, 0.5) is 0 Å². The van der Waals surface area contributed by atoms with Gasteiger partial charge in [-0.1, -0.05) is 36.4 Å². The van der Waals surface area contributed by atoms with Crippen molar-refractivity contribution >= 4 is 11.8 Å². The molecule has 0 aliphatic carbocycles. The van der Waals surface area contributed by atoms with Crippen LogP contribution in [0.5, 0.6) is 5.75 Å². The molecule has 2 aromatic carbocycles. The average Bonchev–Trinajstić information content (AvgIpc) is 3.36. The maximum Gasteiger partial charge on any atom is 0.254 e. The molecule has 1 aliphatic heterocycles. The Morgan fingerprint density at radius 3 is 2.41 bits per heavy atom.